The lowest BCUT2D eigenvalue weighted by atomic mass is 10.0. The second kappa shape index (κ2) is 4.26. The standard InChI is InChI=1S/C18H16O/c1-18(2,19)10-9-13-7-8-17-15(11-13)12-14-5-3-4-6-16(14)17/h3-8,11,19H,12H2,1-2H3. The first-order valence-corrected chi connectivity index (χ1v) is 6.50. The largest absolute Gasteiger partial charge is 0.378 e. The molecule has 0 unspecified atom stereocenters. The third-order valence-corrected chi connectivity index (χ3v) is 3.31. The molecule has 19 heavy (non-hydrogen) atoms. The average molecular weight is 248 g/mol. The van der Waals surface area contributed by atoms with E-state index in [1.54, 1.807) is 13.8 Å². The highest BCUT2D eigenvalue weighted by molar-refractivity contribution is 5.77. The minimum Gasteiger partial charge on any atom is -0.378 e. The molecule has 94 valence electrons. The highest BCUT2D eigenvalue weighted by Crippen LogP contribution is 2.36. The van der Waals surface area contributed by atoms with Gasteiger partial charge in [-0.15, -0.1) is 0 Å². The Hall–Kier alpha value is -2.04. The van der Waals surface area contributed by atoms with Gasteiger partial charge in [-0.25, -0.2) is 0 Å². The van der Waals surface area contributed by atoms with Crippen molar-refractivity contribution in [2.45, 2.75) is 25.9 Å². The molecule has 0 amide bonds. The first kappa shape index (κ1) is 12.0. The third-order valence-electron chi connectivity index (χ3n) is 3.31. The number of hydrogen-bond acceptors (Lipinski definition) is 1. The Labute approximate surface area is 113 Å². The minimum atomic E-state index is -0.942. The van der Waals surface area contributed by atoms with E-state index >= 15 is 0 Å². The second-order valence-electron chi connectivity index (χ2n) is 5.51. The maximum atomic E-state index is 9.64. The molecule has 0 aromatic heterocycles. The van der Waals surface area contributed by atoms with Gasteiger partial charge in [0.15, 0.2) is 0 Å². The van der Waals surface area contributed by atoms with E-state index in [1.807, 2.05) is 6.07 Å². The van der Waals surface area contributed by atoms with Crippen LogP contribution in [0, 0.1) is 11.8 Å². The van der Waals surface area contributed by atoms with E-state index in [0.29, 0.717) is 0 Å². The fraction of sp³-hybridized carbons (Fsp3) is 0.222. The van der Waals surface area contributed by atoms with Gasteiger partial charge in [0.1, 0.15) is 5.60 Å². The Balaban J connectivity index is 2.00. The molecule has 1 N–H and O–H groups in total. The lowest BCUT2D eigenvalue weighted by molar-refractivity contribution is 0.143. The number of benzene rings is 2. The van der Waals surface area contributed by atoms with Crippen molar-refractivity contribution in [2.75, 3.05) is 0 Å². The Kier molecular flexibility index (Phi) is 2.69. The van der Waals surface area contributed by atoms with Crippen molar-refractivity contribution in [1.29, 1.82) is 0 Å². The van der Waals surface area contributed by atoms with Gasteiger partial charge >= 0.3 is 0 Å². The van der Waals surface area contributed by atoms with Crippen LogP contribution in [0.5, 0.6) is 0 Å². The molecule has 2 aromatic rings. The van der Waals surface area contributed by atoms with Gasteiger partial charge in [-0.2, -0.15) is 0 Å². The monoisotopic (exact) mass is 248 g/mol. The number of fused-ring (bicyclic) bond motifs is 3. The van der Waals surface area contributed by atoms with E-state index in [2.05, 4.69) is 48.2 Å². The van der Waals surface area contributed by atoms with Gasteiger partial charge in [0.25, 0.3) is 0 Å². The van der Waals surface area contributed by atoms with Crippen molar-refractivity contribution in [3.8, 4) is 23.0 Å². The summed E-state index contributed by atoms with van der Waals surface area (Å²) in [5.41, 5.74) is 5.37. The Morgan fingerprint density at radius 1 is 1.00 bits per heavy atom. The molecule has 0 heterocycles. The van der Waals surface area contributed by atoms with Crippen LogP contribution in [0.4, 0.5) is 0 Å². The smallest absolute Gasteiger partial charge is 0.120 e. The lowest BCUT2D eigenvalue weighted by Gasteiger charge is -2.06. The topological polar surface area (TPSA) is 20.2 Å². The molecule has 0 saturated carbocycles. The molecule has 1 heteroatoms. The van der Waals surface area contributed by atoms with Crippen molar-refractivity contribution in [3.63, 3.8) is 0 Å². The fourth-order valence-corrected chi connectivity index (χ4v) is 2.45. The van der Waals surface area contributed by atoms with Crippen LogP contribution in [0.25, 0.3) is 11.1 Å². The molecule has 1 aliphatic rings. The fourth-order valence-electron chi connectivity index (χ4n) is 2.45. The number of rotatable bonds is 0. The molecular weight excluding hydrogens is 232 g/mol. The highest BCUT2D eigenvalue weighted by atomic mass is 16.3. The summed E-state index contributed by atoms with van der Waals surface area (Å²) in [5, 5.41) is 9.64. The van der Waals surface area contributed by atoms with Crippen molar-refractivity contribution in [1.82, 2.24) is 0 Å². The van der Waals surface area contributed by atoms with Crippen LogP contribution in [0.15, 0.2) is 42.5 Å². The van der Waals surface area contributed by atoms with Crippen molar-refractivity contribution in [3.05, 3.63) is 59.2 Å². The highest BCUT2D eigenvalue weighted by Gasteiger charge is 2.17. The van der Waals surface area contributed by atoms with Crippen LogP contribution in [-0.4, -0.2) is 10.7 Å². The van der Waals surface area contributed by atoms with Gasteiger partial charge in [-0.05, 0) is 54.7 Å². The molecule has 0 atom stereocenters. The van der Waals surface area contributed by atoms with Gasteiger partial charge < -0.3 is 5.11 Å². The zero-order chi connectivity index (χ0) is 13.5. The van der Waals surface area contributed by atoms with Gasteiger partial charge in [-0.3, -0.25) is 0 Å². The molecule has 0 spiro atoms. The normalized spacial score (nSPS) is 12.4. The summed E-state index contributed by atoms with van der Waals surface area (Å²) in [6.07, 6.45) is 0.976. The van der Waals surface area contributed by atoms with Crippen molar-refractivity contribution < 1.29 is 5.11 Å². The predicted octanol–water partition coefficient (Wildman–Crippen LogP) is 3.38. The van der Waals surface area contributed by atoms with Crippen LogP contribution < -0.4 is 0 Å². The molecule has 0 bridgehead atoms. The van der Waals surface area contributed by atoms with E-state index < -0.39 is 5.60 Å². The van der Waals surface area contributed by atoms with E-state index in [0.717, 1.165) is 12.0 Å². The van der Waals surface area contributed by atoms with Gasteiger partial charge in [0.05, 0.1) is 0 Å². The molecule has 0 saturated heterocycles. The van der Waals surface area contributed by atoms with Crippen LogP contribution >= 0.6 is 0 Å². The summed E-state index contributed by atoms with van der Waals surface area (Å²) in [6.45, 7) is 3.40. The Bertz CT molecular complexity index is 694. The summed E-state index contributed by atoms with van der Waals surface area (Å²) in [4.78, 5) is 0. The summed E-state index contributed by atoms with van der Waals surface area (Å²) in [6, 6.07) is 14.8. The van der Waals surface area contributed by atoms with Crippen LogP contribution in [0.3, 0.4) is 0 Å². The molecule has 1 aliphatic carbocycles. The maximum Gasteiger partial charge on any atom is 0.120 e. The van der Waals surface area contributed by atoms with E-state index in [1.165, 1.54) is 22.3 Å². The number of aliphatic hydroxyl groups is 1. The van der Waals surface area contributed by atoms with Gasteiger partial charge in [0, 0.05) is 5.56 Å². The Morgan fingerprint density at radius 2 is 1.74 bits per heavy atom. The van der Waals surface area contributed by atoms with Crippen LogP contribution in [-0.2, 0) is 6.42 Å². The van der Waals surface area contributed by atoms with Gasteiger partial charge in [-0.1, -0.05) is 42.2 Å². The van der Waals surface area contributed by atoms with Gasteiger partial charge in [0.2, 0.25) is 0 Å². The maximum absolute atomic E-state index is 9.64. The van der Waals surface area contributed by atoms with E-state index in [9.17, 15) is 5.11 Å². The molecule has 0 radical (unpaired) electrons. The summed E-state index contributed by atoms with van der Waals surface area (Å²) >= 11 is 0. The SMILES string of the molecule is CC(C)(O)C#Cc1ccc2c(c1)Cc1ccccc1-2. The van der Waals surface area contributed by atoms with E-state index in [-0.39, 0.29) is 0 Å². The lowest BCUT2D eigenvalue weighted by Crippen LogP contribution is -2.14. The zero-order valence-corrected chi connectivity index (χ0v) is 11.2. The van der Waals surface area contributed by atoms with Crippen LogP contribution in [0.1, 0.15) is 30.5 Å². The number of hydrogen-bond donors (Lipinski definition) is 1. The van der Waals surface area contributed by atoms with E-state index in [4.69, 9.17) is 0 Å². The first-order valence-electron chi connectivity index (χ1n) is 6.50. The first-order chi connectivity index (χ1) is 9.03. The van der Waals surface area contributed by atoms with Crippen molar-refractivity contribution in [2.24, 2.45) is 0 Å². The molecule has 3 rings (SSSR count). The average Bonchev–Trinajstić information content (AvgIpc) is 2.73. The molecule has 0 fully saturated rings. The Morgan fingerprint density at radius 3 is 2.53 bits per heavy atom. The summed E-state index contributed by atoms with van der Waals surface area (Å²) in [5.74, 6) is 5.90. The summed E-state index contributed by atoms with van der Waals surface area (Å²) in [7, 11) is 0. The quantitative estimate of drug-likeness (QED) is 0.605. The molecular formula is C18H16O. The predicted molar refractivity (Wildman–Crippen MR) is 77.9 cm³/mol. The molecule has 0 aliphatic heterocycles. The molecule has 2 aromatic carbocycles. The third kappa shape index (κ3) is 2.41. The minimum absolute atomic E-state index is 0.942. The van der Waals surface area contributed by atoms with Crippen LogP contribution in [0.2, 0.25) is 0 Å². The molecule has 1 nitrogen and oxygen atoms in total. The summed E-state index contributed by atoms with van der Waals surface area (Å²) < 4.78 is 0. The van der Waals surface area contributed by atoms with Crippen molar-refractivity contribution >= 4 is 0 Å². The zero-order valence-electron chi connectivity index (χ0n) is 11.2. The second-order valence-corrected chi connectivity index (χ2v) is 5.51.